The highest BCUT2D eigenvalue weighted by atomic mass is 35.5. The van der Waals surface area contributed by atoms with Crippen LogP contribution in [0.3, 0.4) is 0 Å². The van der Waals surface area contributed by atoms with Crippen molar-refractivity contribution in [2.45, 2.75) is 25.2 Å². The second kappa shape index (κ2) is 9.24. The Bertz CT molecular complexity index is 1740. The lowest BCUT2D eigenvalue weighted by atomic mass is 9.76. The van der Waals surface area contributed by atoms with Gasteiger partial charge in [-0.05, 0) is 61.4 Å². The van der Waals surface area contributed by atoms with Gasteiger partial charge in [0.15, 0.2) is 10.9 Å². The summed E-state index contributed by atoms with van der Waals surface area (Å²) in [6, 6.07) is 15.3. The number of nitriles is 1. The van der Waals surface area contributed by atoms with E-state index in [0.717, 1.165) is 5.56 Å². The van der Waals surface area contributed by atoms with Gasteiger partial charge in [0.1, 0.15) is 11.6 Å². The number of allylic oxidation sites excluding steroid dienone is 3. The Morgan fingerprint density at radius 3 is 2.71 bits per heavy atom. The van der Waals surface area contributed by atoms with Gasteiger partial charge >= 0.3 is 0 Å². The number of nitrogens with zero attached hydrogens (tertiary/aromatic N) is 4. The molecule has 2 aliphatic rings. The molecule has 0 saturated carbocycles. The van der Waals surface area contributed by atoms with Gasteiger partial charge in [-0.1, -0.05) is 11.6 Å². The fourth-order valence-electron chi connectivity index (χ4n) is 5.09. The number of carbonyl (C=O) groups excluding carboxylic acids is 1. The molecule has 2 aromatic heterocycles. The number of carbonyl (C=O) groups is 1. The first-order valence-corrected chi connectivity index (χ1v) is 13.1. The van der Waals surface area contributed by atoms with Gasteiger partial charge in [-0.25, -0.2) is 9.97 Å². The second-order valence-corrected chi connectivity index (χ2v) is 10.4. The molecule has 4 aromatic rings. The Kier molecular flexibility index (Phi) is 5.86. The van der Waals surface area contributed by atoms with E-state index >= 15 is 4.39 Å². The van der Waals surface area contributed by atoms with E-state index in [-0.39, 0.29) is 34.9 Å². The predicted molar refractivity (Wildman–Crippen MR) is 144 cm³/mol. The number of phenolic OH excluding ortho intramolecular Hbond substituents is 1. The van der Waals surface area contributed by atoms with Crippen molar-refractivity contribution in [3.63, 3.8) is 0 Å². The normalized spacial score (nSPS) is 17.7. The van der Waals surface area contributed by atoms with Crippen molar-refractivity contribution >= 4 is 44.8 Å². The first-order valence-electron chi connectivity index (χ1n) is 11.8. The highest BCUT2D eigenvalue weighted by molar-refractivity contribution is 7.14. The Hall–Kier alpha value is -4.26. The van der Waals surface area contributed by atoms with Gasteiger partial charge in [0, 0.05) is 44.6 Å². The van der Waals surface area contributed by atoms with E-state index in [1.807, 2.05) is 5.38 Å². The molecule has 10 heteroatoms. The predicted octanol–water partition coefficient (Wildman–Crippen LogP) is 6.16. The van der Waals surface area contributed by atoms with Gasteiger partial charge in [0.05, 0.1) is 28.8 Å². The lowest BCUT2D eigenvalue weighted by Gasteiger charge is -2.38. The summed E-state index contributed by atoms with van der Waals surface area (Å²) in [4.78, 5) is 23.9. The smallest absolute Gasteiger partial charge is 0.217 e. The minimum atomic E-state index is -0.994. The fourth-order valence-corrected chi connectivity index (χ4v) is 6.14. The maximum Gasteiger partial charge on any atom is 0.217 e. The summed E-state index contributed by atoms with van der Waals surface area (Å²) < 4.78 is 15.5. The molecule has 0 bridgehead atoms. The summed E-state index contributed by atoms with van der Waals surface area (Å²) in [5, 5.41) is 23.2. The molecular weight excluding hydrogens is 525 g/mol. The largest absolute Gasteiger partial charge is 0.508 e. The molecule has 1 aliphatic carbocycles. The van der Waals surface area contributed by atoms with Crippen LogP contribution in [-0.4, -0.2) is 20.9 Å². The summed E-state index contributed by atoms with van der Waals surface area (Å²) in [5.74, 6) is -1.68. The van der Waals surface area contributed by atoms with Crippen molar-refractivity contribution in [1.82, 2.24) is 9.97 Å². The molecule has 38 heavy (non-hydrogen) atoms. The van der Waals surface area contributed by atoms with Crippen LogP contribution in [0.15, 0.2) is 76.6 Å². The van der Waals surface area contributed by atoms with E-state index in [1.54, 1.807) is 53.4 Å². The average molecular weight is 544 g/mol. The van der Waals surface area contributed by atoms with E-state index in [0.29, 0.717) is 50.9 Å². The molecule has 2 aromatic carbocycles. The first kappa shape index (κ1) is 24.1. The van der Waals surface area contributed by atoms with Crippen LogP contribution in [0.2, 0.25) is 5.02 Å². The van der Waals surface area contributed by atoms with Crippen LogP contribution in [0.4, 0.5) is 9.52 Å². The van der Waals surface area contributed by atoms with Crippen LogP contribution < -0.4 is 10.6 Å². The Morgan fingerprint density at radius 2 is 1.95 bits per heavy atom. The summed E-state index contributed by atoms with van der Waals surface area (Å²) in [6.07, 6.45) is 1.40. The number of ketones is 1. The van der Waals surface area contributed by atoms with Crippen LogP contribution in [0.25, 0.3) is 22.2 Å². The van der Waals surface area contributed by atoms with E-state index in [2.05, 4.69) is 11.1 Å². The minimum Gasteiger partial charge on any atom is -0.508 e. The maximum absolute atomic E-state index is 15.5. The van der Waals surface area contributed by atoms with Crippen molar-refractivity contribution in [1.29, 1.82) is 5.26 Å². The van der Waals surface area contributed by atoms with Crippen LogP contribution in [0.5, 0.6) is 5.75 Å². The lowest BCUT2D eigenvalue weighted by Crippen LogP contribution is -2.39. The highest BCUT2D eigenvalue weighted by Crippen LogP contribution is 2.48. The number of nitrogens with two attached hydrogens (primary N) is 1. The molecule has 3 heterocycles. The van der Waals surface area contributed by atoms with Crippen LogP contribution in [-0.2, 0) is 4.79 Å². The summed E-state index contributed by atoms with van der Waals surface area (Å²) >= 11 is 7.47. The number of aromatic nitrogens is 2. The van der Waals surface area contributed by atoms with E-state index < -0.39 is 11.9 Å². The zero-order chi connectivity index (χ0) is 26.6. The summed E-state index contributed by atoms with van der Waals surface area (Å²) in [7, 11) is 0. The van der Waals surface area contributed by atoms with Gasteiger partial charge in [-0.3, -0.25) is 9.69 Å². The molecule has 0 amide bonds. The molecule has 188 valence electrons. The number of rotatable bonds is 3. The quantitative estimate of drug-likeness (QED) is 0.297. The molecule has 1 atom stereocenters. The third kappa shape index (κ3) is 3.90. The maximum atomic E-state index is 15.5. The summed E-state index contributed by atoms with van der Waals surface area (Å²) in [6.45, 7) is 0. The van der Waals surface area contributed by atoms with Gasteiger partial charge in [-0.15, -0.1) is 11.3 Å². The van der Waals surface area contributed by atoms with E-state index in [9.17, 15) is 15.2 Å². The second-order valence-electron chi connectivity index (χ2n) is 9.08. The number of phenols is 1. The van der Waals surface area contributed by atoms with Crippen molar-refractivity contribution in [3.05, 3.63) is 93.1 Å². The molecule has 7 nitrogen and oxygen atoms in total. The van der Waals surface area contributed by atoms with Gasteiger partial charge in [0.2, 0.25) is 5.95 Å². The molecular formula is C28H19ClFN5O2S. The van der Waals surface area contributed by atoms with E-state index in [1.165, 1.54) is 11.3 Å². The van der Waals surface area contributed by atoms with Crippen LogP contribution in [0.1, 0.15) is 30.7 Å². The molecule has 1 aliphatic heterocycles. The molecule has 3 N–H and O–H groups in total. The molecule has 1 unspecified atom stereocenters. The van der Waals surface area contributed by atoms with Crippen molar-refractivity contribution in [3.8, 4) is 23.1 Å². The van der Waals surface area contributed by atoms with Gasteiger partial charge < -0.3 is 10.8 Å². The average Bonchev–Trinajstić information content (AvgIpc) is 3.38. The first-order chi connectivity index (χ1) is 18.4. The van der Waals surface area contributed by atoms with E-state index in [4.69, 9.17) is 22.3 Å². The molecule has 0 radical (unpaired) electrons. The minimum absolute atomic E-state index is 0.0578. The highest BCUT2D eigenvalue weighted by Gasteiger charge is 2.42. The molecule has 6 rings (SSSR count). The zero-order valence-corrected chi connectivity index (χ0v) is 21.4. The third-order valence-electron chi connectivity index (χ3n) is 6.83. The SMILES string of the molecule is N#CC1=C(N)N(c2nc(-c3ccc(O)cc3)cs2)C2=C(C(=O)CCC2)C1c1cc2cc(Cl)ccc2nc1F. The van der Waals surface area contributed by atoms with Crippen molar-refractivity contribution < 1.29 is 14.3 Å². The number of fused-ring (bicyclic) bond motifs is 1. The standard InChI is InChI=1S/C28H19ClFN5O2S/c29-16-6-9-20-15(10-16)11-18(26(30)33-20)24-19(12-31)27(32)35(22-2-1-3-23(37)25(22)24)28-34-21(13-38-28)14-4-7-17(36)8-5-14/h4-11,13,24,36H,1-3,32H2. The molecule has 0 spiro atoms. The Balaban J connectivity index is 1.53. The number of Topliss-reactive ketones (excluding diaryl/α,β-unsaturated/α-hetero) is 1. The number of aromatic hydroxyl groups is 1. The van der Waals surface area contributed by atoms with Crippen LogP contribution >= 0.6 is 22.9 Å². The van der Waals surface area contributed by atoms with Crippen molar-refractivity contribution in [2.24, 2.45) is 5.73 Å². The Labute approximate surface area is 225 Å². The zero-order valence-electron chi connectivity index (χ0n) is 19.8. The third-order valence-corrected chi connectivity index (χ3v) is 7.89. The van der Waals surface area contributed by atoms with Gasteiger partial charge in [-0.2, -0.15) is 9.65 Å². The molecule has 0 fully saturated rings. The fraction of sp³-hybridized carbons (Fsp3) is 0.143. The number of benzene rings is 2. The van der Waals surface area contributed by atoms with Crippen LogP contribution in [0, 0.1) is 17.3 Å². The lowest BCUT2D eigenvalue weighted by molar-refractivity contribution is -0.116. The number of thiazole rings is 1. The number of anilines is 1. The van der Waals surface area contributed by atoms with Gasteiger partial charge in [0.25, 0.3) is 0 Å². The van der Waals surface area contributed by atoms with Crippen molar-refractivity contribution in [2.75, 3.05) is 4.90 Å². The topological polar surface area (TPSA) is 116 Å². The molecule has 0 saturated heterocycles. The monoisotopic (exact) mass is 543 g/mol. The number of hydrogen-bond acceptors (Lipinski definition) is 8. The number of halogens is 2. The number of pyridine rings is 1. The number of hydrogen-bond donors (Lipinski definition) is 2. The Morgan fingerprint density at radius 1 is 1.16 bits per heavy atom. The summed E-state index contributed by atoms with van der Waals surface area (Å²) in [5.41, 5.74) is 9.58.